The van der Waals surface area contributed by atoms with Gasteiger partial charge in [0.05, 0.1) is 13.0 Å². The molecule has 0 aliphatic heterocycles. The first-order valence-electron chi connectivity index (χ1n) is 4.70. The van der Waals surface area contributed by atoms with E-state index >= 15 is 0 Å². The molecule has 4 nitrogen and oxygen atoms in total. The predicted octanol–water partition coefficient (Wildman–Crippen LogP) is 2.42. The summed E-state index contributed by atoms with van der Waals surface area (Å²) in [7, 11) is 0. The number of carboxylic acid groups (broad SMARTS) is 1. The van der Waals surface area contributed by atoms with Crippen LogP contribution in [-0.2, 0) is 0 Å². The number of nitrogens with zero attached hydrogens (tertiary/aromatic N) is 1. The maximum atomic E-state index is 11.9. The van der Waals surface area contributed by atoms with Gasteiger partial charge in [0.2, 0.25) is 0 Å². The number of ether oxygens (including phenoxy) is 1. The summed E-state index contributed by atoms with van der Waals surface area (Å²) in [5.41, 5.74) is 0.0674. The molecular formula is C10H10F3NO3. The molecule has 0 atom stereocenters. The molecule has 0 unspecified atom stereocenters. The van der Waals surface area contributed by atoms with Crippen LogP contribution >= 0.6 is 0 Å². The molecule has 0 aromatic carbocycles. The molecule has 94 valence electrons. The average molecular weight is 249 g/mol. The molecule has 1 rings (SSSR count). The van der Waals surface area contributed by atoms with Gasteiger partial charge in [0.15, 0.2) is 11.4 Å². The molecule has 0 saturated heterocycles. The second kappa shape index (κ2) is 5.03. The van der Waals surface area contributed by atoms with Crippen LogP contribution in [0.15, 0.2) is 12.1 Å². The van der Waals surface area contributed by atoms with Gasteiger partial charge in [-0.25, -0.2) is 9.78 Å². The lowest BCUT2D eigenvalue weighted by molar-refractivity contribution is -0.139. The highest BCUT2D eigenvalue weighted by molar-refractivity contribution is 5.88. The van der Waals surface area contributed by atoms with E-state index in [0.717, 1.165) is 0 Å². The van der Waals surface area contributed by atoms with Gasteiger partial charge >= 0.3 is 12.1 Å². The van der Waals surface area contributed by atoms with Crippen molar-refractivity contribution in [3.63, 3.8) is 0 Å². The second-order valence-corrected chi connectivity index (χ2v) is 3.32. The number of pyridine rings is 1. The van der Waals surface area contributed by atoms with Gasteiger partial charge in [-0.3, -0.25) is 0 Å². The van der Waals surface area contributed by atoms with Crippen LogP contribution in [0, 0.1) is 6.92 Å². The fourth-order valence-corrected chi connectivity index (χ4v) is 1.09. The normalized spacial score (nSPS) is 11.3. The summed E-state index contributed by atoms with van der Waals surface area (Å²) >= 11 is 0. The molecule has 0 aliphatic rings. The number of carboxylic acids is 1. The van der Waals surface area contributed by atoms with Gasteiger partial charge in [-0.1, -0.05) is 0 Å². The first-order valence-corrected chi connectivity index (χ1v) is 4.70. The summed E-state index contributed by atoms with van der Waals surface area (Å²) in [6.07, 6.45) is -5.47. The number of rotatable bonds is 4. The van der Waals surface area contributed by atoms with Gasteiger partial charge in [0, 0.05) is 5.69 Å². The molecule has 0 amide bonds. The Bertz CT molecular complexity index is 418. The van der Waals surface area contributed by atoms with Crippen molar-refractivity contribution >= 4 is 5.97 Å². The van der Waals surface area contributed by atoms with Crippen LogP contribution < -0.4 is 4.74 Å². The lowest BCUT2D eigenvalue weighted by Crippen LogP contribution is -2.14. The second-order valence-electron chi connectivity index (χ2n) is 3.32. The maximum absolute atomic E-state index is 11.9. The predicted molar refractivity (Wildman–Crippen MR) is 52.1 cm³/mol. The quantitative estimate of drug-likeness (QED) is 0.890. The van der Waals surface area contributed by atoms with Gasteiger partial charge in [-0.05, 0) is 19.1 Å². The van der Waals surface area contributed by atoms with Crippen LogP contribution in [0.2, 0.25) is 0 Å². The van der Waals surface area contributed by atoms with Gasteiger partial charge in [0.1, 0.15) is 0 Å². The smallest absolute Gasteiger partial charge is 0.392 e. The standard InChI is InChI=1S/C10H10F3NO3/c1-6-2-3-7(8(14-6)9(15)16)17-5-4-10(11,12)13/h2-3H,4-5H2,1H3,(H,15,16). The van der Waals surface area contributed by atoms with Crippen molar-refractivity contribution in [3.8, 4) is 5.75 Å². The molecule has 1 aromatic rings. The van der Waals surface area contributed by atoms with E-state index in [0.29, 0.717) is 5.69 Å². The molecule has 0 aliphatic carbocycles. The Kier molecular flexibility index (Phi) is 3.93. The van der Waals surface area contributed by atoms with Crippen LogP contribution in [0.1, 0.15) is 22.6 Å². The van der Waals surface area contributed by atoms with Gasteiger partial charge in [-0.2, -0.15) is 13.2 Å². The van der Waals surface area contributed by atoms with E-state index in [2.05, 4.69) is 4.98 Å². The topological polar surface area (TPSA) is 59.4 Å². The molecule has 0 radical (unpaired) electrons. The number of halogens is 3. The SMILES string of the molecule is Cc1ccc(OCCC(F)(F)F)c(C(=O)O)n1. The monoisotopic (exact) mass is 249 g/mol. The third-order valence-corrected chi connectivity index (χ3v) is 1.84. The Morgan fingerprint density at radius 1 is 1.47 bits per heavy atom. The van der Waals surface area contributed by atoms with E-state index in [1.165, 1.54) is 12.1 Å². The highest BCUT2D eigenvalue weighted by Crippen LogP contribution is 2.22. The minimum atomic E-state index is -4.33. The molecule has 1 heterocycles. The third kappa shape index (κ3) is 4.29. The van der Waals surface area contributed by atoms with E-state index in [-0.39, 0.29) is 11.4 Å². The molecule has 0 fully saturated rings. The number of carbonyl (C=O) groups is 1. The van der Waals surface area contributed by atoms with Crippen molar-refractivity contribution in [1.82, 2.24) is 4.98 Å². The Morgan fingerprint density at radius 3 is 2.65 bits per heavy atom. The van der Waals surface area contributed by atoms with E-state index in [1.807, 2.05) is 0 Å². The lowest BCUT2D eigenvalue weighted by atomic mass is 10.3. The summed E-state index contributed by atoms with van der Waals surface area (Å²) in [5.74, 6) is -1.50. The largest absolute Gasteiger partial charge is 0.491 e. The van der Waals surface area contributed by atoms with Crippen molar-refractivity contribution in [2.75, 3.05) is 6.61 Å². The zero-order valence-corrected chi connectivity index (χ0v) is 8.91. The average Bonchev–Trinajstić information content (AvgIpc) is 2.18. The zero-order valence-electron chi connectivity index (χ0n) is 8.91. The van der Waals surface area contributed by atoms with Crippen LogP contribution in [0.4, 0.5) is 13.2 Å². The molecule has 17 heavy (non-hydrogen) atoms. The fraction of sp³-hybridized carbons (Fsp3) is 0.400. The van der Waals surface area contributed by atoms with Crippen LogP contribution in [0.5, 0.6) is 5.75 Å². The van der Waals surface area contributed by atoms with Gasteiger partial charge < -0.3 is 9.84 Å². The maximum Gasteiger partial charge on any atom is 0.392 e. The highest BCUT2D eigenvalue weighted by Gasteiger charge is 2.27. The van der Waals surface area contributed by atoms with Gasteiger partial charge in [0.25, 0.3) is 0 Å². The minimum Gasteiger partial charge on any atom is -0.491 e. The molecule has 7 heteroatoms. The van der Waals surface area contributed by atoms with E-state index in [9.17, 15) is 18.0 Å². The Morgan fingerprint density at radius 2 is 2.12 bits per heavy atom. The van der Waals surface area contributed by atoms with E-state index in [1.54, 1.807) is 6.92 Å². The minimum absolute atomic E-state index is 0.160. The van der Waals surface area contributed by atoms with Crippen molar-refractivity contribution in [3.05, 3.63) is 23.5 Å². The Labute approximate surface area is 95.0 Å². The summed E-state index contributed by atoms with van der Waals surface area (Å²) in [6, 6.07) is 2.76. The van der Waals surface area contributed by atoms with E-state index < -0.39 is 25.2 Å². The van der Waals surface area contributed by atoms with Crippen LogP contribution in [0.25, 0.3) is 0 Å². The summed E-state index contributed by atoms with van der Waals surface area (Å²) in [4.78, 5) is 14.5. The van der Waals surface area contributed by atoms with Crippen molar-refractivity contribution in [2.24, 2.45) is 0 Å². The number of aromatic nitrogens is 1. The number of hydrogen-bond donors (Lipinski definition) is 1. The van der Waals surface area contributed by atoms with Crippen LogP contribution in [-0.4, -0.2) is 28.8 Å². The molecule has 1 aromatic heterocycles. The lowest BCUT2D eigenvalue weighted by Gasteiger charge is -2.10. The van der Waals surface area contributed by atoms with Crippen molar-refractivity contribution in [2.45, 2.75) is 19.5 Å². The number of aromatic carboxylic acids is 1. The Balaban J connectivity index is 2.74. The molecular weight excluding hydrogens is 239 g/mol. The number of alkyl halides is 3. The van der Waals surface area contributed by atoms with E-state index in [4.69, 9.17) is 9.84 Å². The van der Waals surface area contributed by atoms with Crippen molar-refractivity contribution < 1.29 is 27.8 Å². The number of hydrogen-bond acceptors (Lipinski definition) is 3. The molecule has 1 N–H and O–H groups in total. The van der Waals surface area contributed by atoms with Crippen molar-refractivity contribution in [1.29, 1.82) is 0 Å². The number of aryl methyl sites for hydroxylation is 1. The third-order valence-electron chi connectivity index (χ3n) is 1.84. The summed E-state index contributed by atoms with van der Waals surface area (Å²) in [5, 5.41) is 8.78. The van der Waals surface area contributed by atoms with Gasteiger partial charge in [-0.15, -0.1) is 0 Å². The molecule has 0 bridgehead atoms. The summed E-state index contributed by atoms with van der Waals surface area (Å²) in [6.45, 7) is 0.945. The highest BCUT2D eigenvalue weighted by atomic mass is 19.4. The Hall–Kier alpha value is -1.79. The van der Waals surface area contributed by atoms with Crippen LogP contribution in [0.3, 0.4) is 0 Å². The molecule has 0 saturated carbocycles. The fourth-order valence-electron chi connectivity index (χ4n) is 1.09. The zero-order chi connectivity index (χ0) is 13.1. The molecule has 0 spiro atoms. The summed E-state index contributed by atoms with van der Waals surface area (Å²) < 4.78 is 40.4. The first kappa shape index (κ1) is 13.3. The first-order chi connectivity index (χ1) is 7.79.